The Hall–Kier alpha value is -1.67. The van der Waals surface area contributed by atoms with E-state index in [2.05, 4.69) is 10.6 Å². The van der Waals surface area contributed by atoms with Gasteiger partial charge in [-0.3, -0.25) is 14.4 Å². The maximum Gasteiger partial charge on any atom is 0.244 e. The third-order valence-electron chi connectivity index (χ3n) is 3.80. The predicted molar refractivity (Wildman–Crippen MR) is 113 cm³/mol. The molecule has 2 N–H and O–H groups in total. The van der Waals surface area contributed by atoms with Gasteiger partial charge < -0.3 is 15.5 Å². The summed E-state index contributed by atoms with van der Waals surface area (Å²) in [6, 6.07) is 7.12. The van der Waals surface area contributed by atoms with E-state index < -0.39 is 6.04 Å². The van der Waals surface area contributed by atoms with Crippen molar-refractivity contribution in [2.45, 2.75) is 39.3 Å². The van der Waals surface area contributed by atoms with Crippen LogP contribution in [0.3, 0.4) is 0 Å². The van der Waals surface area contributed by atoms with E-state index in [0.29, 0.717) is 11.6 Å². The van der Waals surface area contributed by atoms with Crippen LogP contribution in [0.15, 0.2) is 24.3 Å². The Morgan fingerprint density at radius 1 is 1.19 bits per heavy atom. The molecule has 1 aromatic carbocycles. The number of hydrogen-bond acceptors (Lipinski definition) is 5. The summed E-state index contributed by atoms with van der Waals surface area (Å²) in [7, 11) is 0. The second kappa shape index (κ2) is 9.50. The van der Waals surface area contributed by atoms with Crippen molar-refractivity contribution in [1.29, 1.82) is 0 Å². The maximum absolute atomic E-state index is 12.5. The van der Waals surface area contributed by atoms with Crippen LogP contribution < -0.4 is 10.6 Å². The van der Waals surface area contributed by atoms with Crippen molar-refractivity contribution >= 4 is 46.9 Å². The molecule has 1 saturated heterocycles. The first-order chi connectivity index (χ1) is 12.7. The molecule has 1 atom stereocenters. The molecule has 0 radical (unpaired) electrons. The summed E-state index contributed by atoms with van der Waals surface area (Å²) in [6.45, 7) is 7.74. The Labute approximate surface area is 169 Å². The highest BCUT2D eigenvalue weighted by atomic mass is 32.2. The molecule has 6 nitrogen and oxygen atoms in total. The largest absolute Gasteiger partial charge is 0.350 e. The highest BCUT2D eigenvalue weighted by Gasteiger charge is 2.35. The van der Waals surface area contributed by atoms with Crippen LogP contribution in [0.2, 0.25) is 0 Å². The molecule has 0 spiro atoms. The van der Waals surface area contributed by atoms with Crippen LogP contribution in [-0.2, 0) is 14.4 Å². The smallest absolute Gasteiger partial charge is 0.244 e. The summed E-state index contributed by atoms with van der Waals surface area (Å²) in [5, 5.41) is 5.75. The lowest BCUT2D eigenvalue weighted by Crippen LogP contribution is -2.52. The Bertz CT molecular complexity index is 686. The number of nitrogens with zero attached hydrogens (tertiary/aromatic N) is 1. The van der Waals surface area contributed by atoms with Crippen molar-refractivity contribution in [3.05, 3.63) is 29.8 Å². The quantitative estimate of drug-likeness (QED) is 0.755. The summed E-state index contributed by atoms with van der Waals surface area (Å²) in [6.07, 6.45) is 0. The Morgan fingerprint density at radius 2 is 1.85 bits per heavy atom. The first kappa shape index (κ1) is 21.6. The minimum absolute atomic E-state index is 0.109. The van der Waals surface area contributed by atoms with Gasteiger partial charge in [0, 0.05) is 17.0 Å². The molecule has 1 unspecified atom stereocenters. The number of carbonyl (C=O) groups is 3. The molecule has 8 heteroatoms. The number of hydrogen-bond donors (Lipinski definition) is 2. The van der Waals surface area contributed by atoms with E-state index in [0.717, 1.165) is 11.3 Å². The standard InChI is InChI=1S/C19H27N3O3S2/c1-13-5-7-14(8-6-13)20-16(23)10-26-11-17(24)22-12-27-9-15(22)18(25)21-19(2,3)4/h5-8,15H,9-12H2,1-4H3,(H,20,23)(H,21,25). The number of thioether (sulfide) groups is 2. The van der Waals surface area contributed by atoms with Gasteiger partial charge in [-0.25, -0.2) is 0 Å². The summed E-state index contributed by atoms with van der Waals surface area (Å²) >= 11 is 2.83. The Kier molecular flexibility index (Phi) is 7.61. The molecule has 1 heterocycles. The molecule has 0 saturated carbocycles. The molecule has 148 valence electrons. The number of anilines is 1. The number of rotatable bonds is 6. The van der Waals surface area contributed by atoms with Crippen molar-refractivity contribution in [3.8, 4) is 0 Å². The van der Waals surface area contributed by atoms with Gasteiger partial charge in [0.2, 0.25) is 17.7 Å². The van der Waals surface area contributed by atoms with E-state index in [4.69, 9.17) is 0 Å². The highest BCUT2D eigenvalue weighted by molar-refractivity contribution is 8.00. The topological polar surface area (TPSA) is 78.5 Å². The zero-order valence-corrected chi connectivity index (χ0v) is 17.8. The molecule has 1 aliphatic heterocycles. The van der Waals surface area contributed by atoms with Gasteiger partial charge in [-0.05, 0) is 39.8 Å². The van der Waals surface area contributed by atoms with Crippen molar-refractivity contribution < 1.29 is 14.4 Å². The van der Waals surface area contributed by atoms with E-state index >= 15 is 0 Å². The lowest BCUT2D eigenvalue weighted by atomic mass is 10.1. The van der Waals surface area contributed by atoms with Gasteiger partial charge in [0.15, 0.2) is 0 Å². The molecule has 3 amide bonds. The molecular weight excluding hydrogens is 382 g/mol. The summed E-state index contributed by atoms with van der Waals surface area (Å²) in [5.74, 6) is 1.11. The van der Waals surface area contributed by atoms with Gasteiger partial charge in [0.05, 0.1) is 17.4 Å². The van der Waals surface area contributed by atoms with Crippen molar-refractivity contribution in [3.63, 3.8) is 0 Å². The fourth-order valence-corrected chi connectivity index (χ4v) is 4.39. The number of amides is 3. The normalized spacial score (nSPS) is 16.9. The van der Waals surface area contributed by atoms with Crippen LogP contribution in [0.4, 0.5) is 5.69 Å². The van der Waals surface area contributed by atoms with Gasteiger partial charge in [-0.1, -0.05) is 17.7 Å². The third kappa shape index (κ3) is 7.10. The number of benzene rings is 1. The van der Waals surface area contributed by atoms with Crippen LogP contribution in [0, 0.1) is 6.92 Å². The Morgan fingerprint density at radius 3 is 2.48 bits per heavy atom. The molecule has 1 fully saturated rings. The summed E-state index contributed by atoms with van der Waals surface area (Å²) in [4.78, 5) is 38.5. The van der Waals surface area contributed by atoms with Crippen molar-refractivity contribution in [2.24, 2.45) is 0 Å². The summed E-state index contributed by atoms with van der Waals surface area (Å²) in [5.41, 5.74) is 1.54. The third-order valence-corrected chi connectivity index (χ3v) is 5.73. The van der Waals surface area contributed by atoms with Crippen LogP contribution >= 0.6 is 23.5 Å². The number of nitrogens with one attached hydrogen (secondary N) is 2. The zero-order chi connectivity index (χ0) is 20.0. The van der Waals surface area contributed by atoms with E-state index in [1.54, 1.807) is 16.7 Å². The van der Waals surface area contributed by atoms with Gasteiger partial charge in [0.25, 0.3) is 0 Å². The average Bonchev–Trinajstić information content (AvgIpc) is 3.05. The Balaban J connectivity index is 1.78. The van der Waals surface area contributed by atoms with Crippen LogP contribution in [-0.4, -0.2) is 57.3 Å². The first-order valence-corrected chi connectivity index (χ1v) is 11.1. The molecule has 1 aromatic rings. The van der Waals surface area contributed by atoms with Gasteiger partial charge in [-0.15, -0.1) is 23.5 Å². The second-order valence-corrected chi connectivity index (χ2v) is 9.51. The molecule has 2 rings (SSSR count). The van der Waals surface area contributed by atoms with E-state index in [-0.39, 0.29) is 34.8 Å². The first-order valence-electron chi connectivity index (χ1n) is 8.79. The monoisotopic (exact) mass is 409 g/mol. The SMILES string of the molecule is Cc1ccc(NC(=O)CSCC(=O)N2CSCC2C(=O)NC(C)(C)C)cc1. The van der Waals surface area contributed by atoms with E-state index in [9.17, 15) is 14.4 Å². The van der Waals surface area contributed by atoms with Crippen LogP contribution in [0.25, 0.3) is 0 Å². The van der Waals surface area contributed by atoms with Gasteiger partial charge >= 0.3 is 0 Å². The molecule has 0 bridgehead atoms. The summed E-state index contributed by atoms with van der Waals surface area (Å²) < 4.78 is 0. The van der Waals surface area contributed by atoms with Gasteiger partial charge in [-0.2, -0.15) is 0 Å². The minimum Gasteiger partial charge on any atom is -0.350 e. The number of carbonyl (C=O) groups excluding carboxylic acids is 3. The minimum atomic E-state index is -0.441. The number of aryl methyl sites for hydroxylation is 1. The zero-order valence-electron chi connectivity index (χ0n) is 16.2. The second-order valence-electron chi connectivity index (χ2n) is 7.53. The van der Waals surface area contributed by atoms with Crippen LogP contribution in [0.1, 0.15) is 26.3 Å². The molecule has 1 aliphatic rings. The lowest BCUT2D eigenvalue weighted by Gasteiger charge is -2.27. The molecule has 0 aliphatic carbocycles. The van der Waals surface area contributed by atoms with Crippen molar-refractivity contribution in [2.75, 3.05) is 28.5 Å². The van der Waals surface area contributed by atoms with Crippen molar-refractivity contribution in [1.82, 2.24) is 10.2 Å². The van der Waals surface area contributed by atoms with Crippen LogP contribution in [0.5, 0.6) is 0 Å². The van der Waals surface area contributed by atoms with E-state index in [1.165, 1.54) is 11.8 Å². The highest BCUT2D eigenvalue weighted by Crippen LogP contribution is 2.23. The molecule has 0 aromatic heterocycles. The predicted octanol–water partition coefficient (Wildman–Crippen LogP) is 2.48. The fraction of sp³-hybridized carbons (Fsp3) is 0.526. The molecule has 27 heavy (non-hydrogen) atoms. The van der Waals surface area contributed by atoms with E-state index in [1.807, 2.05) is 52.0 Å². The van der Waals surface area contributed by atoms with Gasteiger partial charge in [0.1, 0.15) is 6.04 Å². The maximum atomic E-state index is 12.5. The fourth-order valence-electron chi connectivity index (χ4n) is 2.51. The average molecular weight is 410 g/mol. The molecular formula is C19H27N3O3S2. The lowest BCUT2D eigenvalue weighted by molar-refractivity contribution is -0.136.